The Balaban J connectivity index is 2.58. The zero-order valence-corrected chi connectivity index (χ0v) is 8.14. The van der Waals surface area contributed by atoms with Gasteiger partial charge in [0.2, 0.25) is 5.91 Å². The van der Waals surface area contributed by atoms with Gasteiger partial charge in [-0.1, -0.05) is 0 Å². The van der Waals surface area contributed by atoms with Crippen LogP contribution in [0.15, 0.2) is 0 Å². The van der Waals surface area contributed by atoms with Gasteiger partial charge >= 0.3 is 5.97 Å². The summed E-state index contributed by atoms with van der Waals surface area (Å²) in [6, 6.07) is -0.693. The molecule has 2 atom stereocenters. The summed E-state index contributed by atoms with van der Waals surface area (Å²) >= 11 is 0. The van der Waals surface area contributed by atoms with Crippen LogP contribution in [-0.4, -0.2) is 45.7 Å². The number of aliphatic hydroxyl groups excluding tert-OH is 1. The van der Waals surface area contributed by atoms with Crippen molar-refractivity contribution >= 4 is 11.9 Å². The van der Waals surface area contributed by atoms with Crippen LogP contribution in [0.1, 0.15) is 26.2 Å². The van der Waals surface area contributed by atoms with Gasteiger partial charge in [0.1, 0.15) is 6.04 Å². The molecule has 0 spiro atoms. The van der Waals surface area contributed by atoms with Crippen molar-refractivity contribution < 1.29 is 19.8 Å². The largest absolute Gasteiger partial charge is 0.480 e. The highest BCUT2D eigenvalue weighted by atomic mass is 16.4. The first-order valence-corrected chi connectivity index (χ1v) is 4.72. The van der Waals surface area contributed by atoms with Crippen LogP contribution in [0.5, 0.6) is 0 Å². The normalized spacial score (nSPS) is 23.6. The maximum Gasteiger partial charge on any atom is 0.326 e. The molecule has 1 aliphatic heterocycles. The van der Waals surface area contributed by atoms with E-state index in [-0.39, 0.29) is 12.3 Å². The van der Waals surface area contributed by atoms with Crippen LogP contribution in [0.2, 0.25) is 0 Å². The van der Waals surface area contributed by atoms with E-state index in [9.17, 15) is 9.59 Å². The number of likely N-dealkylation sites (tertiary alicyclic amines) is 1. The molecule has 80 valence electrons. The monoisotopic (exact) mass is 201 g/mol. The van der Waals surface area contributed by atoms with Gasteiger partial charge in [-0.2, -0.15) is 0 Å². The van der Waals surface area contributed by atoms with E-state index in [0.29, 0.717) is 13.0 Å². The Bertz CT molecular complexity index is 239. The predicted molar refractivity (Wildman–Crippen MR) is 48.7 cm³/mol. The number of carboxylic acids is 1. The van der Waals surface area contributed by atoms with Crippen LogP contribution in [0.3, 0.4) is 0 Å². The second-order valence-electron chi connectivity index (χ2n) is 3.64. The maximum absolute atomic E-state index is 11.5. The third-order valence-corrected chi connectivity index (χ3v) is 2.33. The summed E-state index contributed by atoms with van der Waals surface area (Å²) < 4.78 is 0. The van der Waals surface area contributed by atoms with Crippen LogP contribution in [0.4, 0.5) is 0 Å². The zero-order valence-electron chi connectivity index (χ0n) is 8.14. The summed E-state index contributed by atoms with van der Waals surface area (Å²) in [5.41, 5.74) is 0. The number of carbonyl (C=O) groups is 2. The molecule has 0 aromatic heterocycles. The van der Waals surface area contributed by atoms with Gasteiger partial charge in [0.05, 0.1) is 12.5 Å². The average molecular weight is 201 g/mol. The van der Waals surface area contributed by atoms with Crippen LogP contribution < -0.4 is 0 Å². The molecule has 0 bridgehead atoms. The van der Waals surface area contributed by atoms with Gasteiger partial charge in [0.15, 0.2) is 0 Å². The Labute approximate surface area is 82.3 Å². The number of hydrogen-bond donors (Lipinski definition) is 2. The van der Waals surface area contributed by atoms with Gasteiger partial charge in [0, 0.05) is 6.54 Å². The molecule has 0 radical (unpaired) electrons. The van der Waals surface area contributed by atoms with E-state index in [4.69, 9.17) is 10.2 Å². The number of aliphatic carboxylic acids is 1. The van der Waals surface area contributed by atoms with Crippen LogP contribution in [0.25, 0.3) is 0 Å². The van der Waals surface area contributed by atoms with Gasteiger partial charge in [0.25, 0.3) is 0 Å². The lowest BCUT2D eigenvalue weighted by atomic mass is 10.2. The minimum Gasteiger partial charge on any atom is -0.480 e. The van der Waals surface area contributed by atoms with E-state index in [2.05, 4.69) is 0 Å². The maximum atomic E-state index is 11.5. The van der Waals surface area contributed by atoms with Crippen molar-refractivity contribution in [2.24, 2.45) is 0 Å². The third kappa shape index (κ3) is 2.45. The highest BCUT2D eigenvalue weighted by Gasteiger charge is 2.33. The summed E-state index contributed by atoms with van der Waals surface area (Å²) in [7, 11) is 0. The zero-order chi connectivity index (χ0) is 10.7. The van der Waals surface area contributed by atoms with Crippen molar-refractivity contribution in [3.63, 3.8) is 0 Å². The number of aliphatic hydroxyl groups is 1. The average Bonchev–Trinajstić information content (AvgIpc) is 2.49. The Morgan fingerprint density at radius 1 is 1.57 bits per heavy atom. The topological polar surface area (TPSA) is 77.8 Å². The second kappa shape index (κ2) is 4.41. The molecule has 2 unspecified atom stereocenters. The van der Waals surface area contributed by atoms with E-state index in [1.807, 2.05) is 0 Å². The molecular formula is C9H15NO4. The molecule has 14 heavy (non-hydrogen) atoms. The molecule has 1 amide bonds. The molecule has 1 rings (SSSR count). The fourth-order valence-electron chi connectivity index (χ4n) is 1.69. The van der Waals surface area contributed by atoms with Crippen molar-refractivity contribution in [3.8, 4) is 0 Å². The fraction of sp³-hybridized carbons (Fsp3) is 0.778. The highest BCUT2D eigenvalue weighted by Crippen LogP contribution is 2.18. The first kappa shape index (κ1) is 11.0. The summed E-state index contributed by atoms with van der Waals surface area (Å²) in [6.45, 7) is 2.01. The third-order valence-electron chi connectivity index (χ3n) is 2.33. The number of hydrogen-bond acceptors (Lipinski definition) is 3. The standard InChI is InChI=1S/C9H15NO4/c1-6(11)5-8(12)10-4-2-3-7(10)9(13)14/h6-7,11H,2-5H2,1H3,(H,13,14). The molecule has 5 heteroatoms. The number of carboxylic acid groups (broad SMARTS) is 1. The molecule has 1 saturated heterocycles. The quantitative estimate of drug-likeness (QED) is 0.664. The molecule has 1 fully saturated rings. The van der Waals surface area contributed by atoms with Crippen molar-refractivity contribution in [1.29, 1.82) is 0 Å². The smallest absolute Gasteiger partial charge is 0.326 e. The van der Waals surface area contributed by atoms with E-state index in [1.165, 1.54) is 11.8 Å². The minimum absolute atomic E-state index is 0.00375. The fourth-order valence-corrected chi connectivity index (χ4v) is 1.69. The molecule has 0 aliphatic carbocycles. The molecule has 0 aromatic rings. The lowest BCUT2D eigenvalue weighted by molar-refractivity contribution is -0.148. The Morgan fingerprint density at radius 3 is 2.71 bits per heavy atom. The predicted octanol–water partition coefficient (Wildman–Crippen LogP) is -0.167. The molecule has 1 heterocycles. The summed E-state index contributed by atoms with van der Waals surface area (Å²) in [6.07, 6.45) is 0.533. The second-order valence-corrected chi connectivity index (χ2v) is 3.64. The van der Waals surface area contributed by atoms with Crippen molar-refractivity contribution in [2.75, 3.05) is 6.54 Å². The van der Waals surface area contributed by atoms with Gasteiger partial charge < -0.3 is 15.1 Å². The minimum atomic E-state index is -0.957. The van der Waals surface area contributed by atoms with Gasteiger partial charge in [-0.15, -0.1) is 0 Å². The van der Waals surface area contributed by atoms with Crippen LogP contribution in [0, 0.1) is 0 Å². The molecule has 0 saturated carbocycles. The van der Waals surface area contributed by atoms with E-state index < -0.39 is 18.1 Å². The van der Waals surface area contributed by atoms with Gasteiger partial charge in [-0.25, -0.2) is 4.79 Å². The number of amides is 1. The summed E-state index contributed by atoms with van der Waals surface area (Å²) in [5.74, 6) is -1.23. The first-order chi connectivity index (χ1) is 6.52. The van der Waals surface area contributed by atoms with Crippen molar-refractivity contribution in [2.45, 2.75) is 38.3 Å². The summed E-state index contributed by atoms with van der Waals surface area (Å²) in [5, 5.41) is 17.8. The number of rotatable bonds is 3. The SMILES string of the molecule is CC(O)CC(=O)N1CCCC1C(=O)O. The highest BCUT2D eigenvalue weighted by molar-refractivity contribution is 5.84. The van der Waals surface area contributed by atoms with Crippen molar-refractivity contribution in [3.05, 3.63) is 0 Å². The molecule has 0 aromatic carbocycles. The first-order valence-electron chi connectivity index (χ1n) is 4.72. The van der Waals surface area contributed by atoms with Gasteiger partial charge in [-0.3, -0.25) is 4.79 Å². The van der Waals surface area contributed by atoms with Gasteiger partial charge in [-0.05, 0) is 19.8 Å². The summed E-state index contributed by atoms with van der Waals surface area (Å²) in [4.78, 5) is 23.6. The van der Waals surface area contributed by atoms with E-state index in [1.54, 1.807) is 0 Å². The van der Waals surface area contributed by atoms with Crippen LogP contribution in [-0.2, 0) is 9.59 Å². The number of nitrogens with zero attached hydrogens (tertiary/aromatic N) is 1. The Kier molecular flexibility index (Phi) is 3.46. The molecule has 2 N–H and O–H groups in total. The van der Waals surface area contributed by atoms with E-state index >= 15 is 0 Å². The molecule has 5 nitrogen and oxygen atoms in total. The Hall–Kier alpha value is -1.10. The molecular weight excluding hydrogens is 186 g/mol. The lowest BCUT2D eigenvalue weighted by Gasteiger charge is -2.21. The number of carbonyl (C=O) groups excluding carboxylic acids is 1. The lowest BCUT2D eigenvalue weighted by Crippen LogP contribution is -2.41. The Morgan fingerprint density at radius 2 is 2.21 bits per heavy atom. The van der Waals surface area contributed by atoms with E-state index in [0.717, 1.165) is 6.42 Å². The van der Waals surface area contributed by atoms with Crippen molar-refractivity contribution in [1.82, 2.24) is 4.90 Å². The molecule has 1 aliphatic rings. The van der Waals surface area contributed by atoms with Crippen LogP contribution >= 0.6 is 0 Å².